The van der Waals surface area contributed by atoms with Crippen LogP contribution < -0.4 is 5.32 Å². The normalized spacial score (nSPS) is 28.5. The molecule has 1 heterocycles. The van der Waals surface area contributed by atoms with E-state index in [2.05, 4.69) is 5.32 Å². The smallest absolute Gasteiger partial charge is 0.411 e. The molecule has 0 aromatic heterocycles. The van der Waals surface area contributed by atoms with E-state index in [-0.39, 0.29) is 24.9 Å². The molecule has 2 amide bonds. The number of allylic oxidation sites excluding steroid dienone is 1. The molecule has 124 valence electrons. The molecule has 1 saturated heterocycles. The first-order valence-electron chi connectivity index (χ1n) is 7.87. The Labute approximate surface area is 130 Å². The lowest BCUT2D eigenvalue weighted by molar-refractivity contribution is -0.126. The van der Waals surface area contributed by atoms with Gasteiger partial charge < -0.3 is 10.1 Å². The van der Waals surface area contributed by atoms with Crippen molar-refractivity contribution in [3.63, 3.8) is 0 Å². The Kier molecular flexibility index (Phi) is 5.08. The maximum atomic E-state index is 13.7. The van der Waals surface area contributed by atoms with Gasteiger partial charge >= 0.3 is 6.09 Å². The number of rotatable bonds is 2. The number of ether oxygens (including phenoxy) is 1. The molecule has 1 fully saturated rings. The van der Waals surface area contributed by atoms with Crippen LogP contribution in [-0.2, 0) is 9.53 Å². The van der Waals surface area contributed by atoms with Crippen molar-refractivity contribution in [3.05, 3.63) is 12.2 Å². The molecule has 0 unspecified atom stereocenters. The highest BCUT2D eigenvalue weighted by molar-refractivity contribution is 5.86. The Hall–Kier alpha value is -1.59. The molecule has 3 atom stereocenters. The quantitative estimate of drug-likeness (QED) is 0.797. The minimum absolute atomic E-state index is 0.0274. The van der Waals surface area contributed by atoms with Crippen LogP contribution in [0.2, 0.25) is 0 Å². The molecule has 0 saturated carbocycles. The molecule has 6 heteroatoms. The van der Waals surface area contributed by atoms with E-state index in [1.165, 1.54) is 4.90 Å². The van der Waals surface area contributed by atoms with Gasteiger partial charge in [0, 0.05) is 12.5 Å². The van der Waals surface area contributed by atoms with E-state index in [4.69, 9.17) is 4.74 Å². The molecule has 22 heavy (non-hydrogen) atoms. The van der Waals surface area contributed by atoms with Gasteiger partial charge in [-0.25, -0.2) is 9.18 Å². The van der Waals surface area contributed by atoms with E-state index >= 15 is 0 Å². The van der Waals surface area contributed by atoms with Gasteiger partial charge in [0.05, 0.1) is 6.54 Å². The molecule has 2 rings (SSSR count). The summed E-state index contributed by atoms with van der Waals surface area (Å²) in [6, 6.07) is -0.819. The standard InChI is InChI=1S/C16H25FN2O3/c1-16(2,3)22-15(21)19-10-11(17)9-13(19)14(20)18-12-7-5-4-6-8-12/h5,7,11-13H,4,6,8-10H2,1-3H3,(H,18,20)/t11-,12+,13+/m0/s1. The highest BCUT2D eigenvalue weighted by Crippen LogP contribution is 2.24. The minimum Gasteiger partial charge on any atom is -0.444 e. The van der Waals surface area contributed by atoms with Crippen LogP contribution in [0, 0.1) is 0 Å². The van der Waals surface area contributed by atoms with Crippen molar-refractivity contribution >= 4 is 12.0 Å². The molecule has 1 aliphatic heterocycles. The highest BCUT2D eigenvalue weighted by Gasteiger charge is 2.42. The predicted octanol–water partition coefficient (Wildman–Crippen LogP) is 2.56. The molecular weight excluding hydrogens is 287 g/mol. The van der Waals surface area contributed by atoms with Crippen LogP contribution in [0.4, 0.5) is 9.18 Å². The Morgan fingerprint density at radius 3 is 2.68 bits per heavy atom. The van der Waals surface area contributed by atoms with Crippen LogP contribution >= 0.6 is 0 Å². The third kappa shape index (κ3) is 4.45. The maximum absolute atomic E-state index is 13.7. The summed E-state index contributed by atoms with van der Waals surface area (Å²) in [5.41, 5.74) is -0.668. The van der Waals surface area contributed by atoms with Crippen molar-refractivity contribution in [2.45, 2.75) is 70.3 Å². The molecule has 1 N–H and O–H groups in total. The number of nitrogens with one attached hydrogen (secondary N) is 1. The van der Waals surface area contributed by atoms with Gasteiger partial charge in [0.2, 0.25) is 5.91 Å². The van der Waals surface area contributed by atoms with Crippen molar-refractivity contribution in [1.29, 1.82) is 0 Å². The number of alkyl halides is 1. The fourth-order valence-corrected chi connectivity index (χ4v) is 2.77. The summed E-state index contributed by atoms with van der Waals surface area (Å²) >= 11 is 0. The van der Waals surface area contributed by atoms with Crippen LogP contribution in [0.25, 0.3) is 0 Å². The number of amides is 2. The topological polar surface area (TPSA) is 58.6 Å². The zero-order valence-electron chi connectivity index (χ0n) is 13.5. The average molecular weight is 312 g/mol. The molecule has 0 aromatic rings. The van der Waals surface area contributed by atoms with Crippen LogP contribution in [0.1, 0.15) is 46.5 Å². The Morgan fingerprint density at radius 1 is 1.36 bits per heavy atom. The second-order valence-electron chi connectivity index (χ2n) is 6.96. The number of carbonyl (C=O) groups excluding carboxylic acids is 2. The predicted molar refractivity (Wildman–Crippen MR) is 81.2 cm³/mol. The van der Waals surface area contributed by atoms with Crippen LogP contribution in [-0.4, -0.2) is 47.3 Å². The summed E-state index contributed by atoms with van der Waals surface area (Å²) < 4.78 is 19.0. The second kappa shape index (κ2) is 6.67. The first-order valence-corrected chi connectivity index (χ1v) is 7.87. The summed E-state index contributed by atoms with van der Waals surface area (Å²) in [7, 11) is 0. The molecule has 1 aliphatic carbocycles. The molecule has 5 nitrogen and oxygen atoms in total. The van der Waals surface area contributed by atoms with Crippen molar-refractivity contribution in [2.24, 2.45) is 0 Å². The molecule has 0 aromatic carbocycles. The van der Waals surface area contributed by atoms with Gasteiger partial charge in [-0.15, -0.1) is 0 Å². The third-order valence-corrected chi connectivity index (χ3v) is 3.76. The SMILES string of the molecule is CC(C)(C)OC(=O)N1C[C@@H](F)C[C@@H]1C(=O)N[C@@H]1C=CCCC1. The molecule has 0 spiro atoms. The van der Waals surface area contributed by atoms with E-state index in [1.807, 2.05) is 12.2 Å². The summed E-state index contributed by atoms with van der Waals surface area (Å²) in [4.78, 5) is 25.7. The van der Waals surface area contributed by atoms with Gasteiger partial charge in [0.25, 0.3) is 0 Å². The van der Waals surface area contributed by atoms with Gasteiger partial charge in [-0.2, -0.15) is 0 Å². The lowest BCUT2D eigenvalue weighted by atomic mass is 10.0. The summed E-state index contributed by atoms with van der Waals surface area (Å²) in [5, 5.41) is 2.89. The minimum atomic E-state index is -1.19. The first-order chi connectivity index (χ1) is 10.3. The van der Waals surface area contributed by atoms with Crippen molar-refractivity contribution in [1.82, 2.24) is 10.2 Å². The van der Waals surface area contributed by atoms with E-state index in [0.717, 1.165) is 19.3 Å². The number of likely N-dealkylation sites (tertiary alicyclic amines) is 1. The van der Waals surface area contributed by atoms with Gasteiger partial charge in [-0.05, 0) is 40.0 Å². The van der Waals surface area contributed by atoms with Gasteiger partial charge in [-0.3, -0.25) is 9.69 Å². The zero-order valence-corrected chi connectivity index (χ0v) is 13.5. The van der Waals surface area contributed by atoms with Crippen molar-refractivity contribution < 1.29 is 18.7 Å². The number of carbonyl (C=O) groups is 2. The highest BCUT2D eigenvalue weighted by atomic mass is 19.1. The number of nitrogens with zero attached hydrogens (tertiary/aromatic N) is 1. The van der Waals surface area contributed by atoms with E-state index < -0.39 is 23.9 Å². The number of hydrogen-bond acceptors (Lipinski definition) is 3. The fourth-order valence-electron chi connectivity index (χ4n) is 2.77. The first kappa shape index (κ1) is 16.8. The number of hydrogen-bond donors (Lipinski definition) is 1. The maximum Gasteiger partial charge on any atom is 0.411 e. The lowest BCUT2D eigenvalue weighted by Gasteiger charge is -2.29. The largest absolute Gasteiger partial charge is 0.444 e. The number of halogens is 1. The fraction of sp³-hybridized carbons (Fsp3) is 0.750. The summed E-state index contributed by atoms with van der Waals surface area (Å²) in [5.74, 6) is -0.303. The zero-order chi connectivity index (χ0) is 16.3. The van der Waals surface area contributed by atoms with Gasteiger partial charge in [0.1, 0.15) is 17.8 Å². The average Bonchev–Trinajstić information content (AvgIpc) is 2.80. The van der Waals surface area contributed by atoms with E-state index in [1.54, 1.807) is 20.8 Å². The Balaban J connectivity index is 2.00. The Morgan fingerprint density at radius 2 is 2.09 bits per heavy atom. The molecule has 2 aliphatic rings. The van der Waals surface area contributed by atoms with Crippen molar-refractivity contribution in [3.8, 4) is 0 Å². The van der Waals surface area contributed by atoms with Crippen LogP contribution in [0.3, 0.4) is 0 Å². The van der Waals surface area contributed by atoms with Crippen molar-refractivity contribution in [2.75, 3.05) is 6.54 Å². The van der Waals surface area contributed by atoms with E-state index in [9.17, 15) is 14.0 Å². The second-order valence-corrected chi connectivity index (χ2v) is 6.96. The molecular formula is C16H25FN2O3. The molecule has 0 radical (unpaired) electrons. The van der Waals surface area contributed by atoms with Crippen LogP contribution in [0.5, 0.6) is 0 Å². The Bertz CT molecular complexity index is 459. The summed E-state index contributed by atoms with van der Waals surface area (Å²) in [6.07, 6.45) is 5.12. The monoisotopic (exact) mass is 312 g/mol. The summed E-state index contributed by atoms with van der Waals surface area (Å²) in [6.45, 7) is 5.15. The lowest BCUT2D eigenvalue weighted by Crippen LogP contribution is -2.49. The molecule has 0 bridgehead atoms. The third-order valence-electron chi connectivity index (χ3n) is 3.76. The van der Waals surface area contributed by atoms with E-state index in [0.29, 0.717) is 0 Å². The van der Waals surface area contributed by atoms with Crippen LogP contribution in [0.15, 0.2) is 12.2 Å². The van der Waals surface area contributed by atoms with Gasteiger partial charge in [-0.1, -0.05) is 12.2 Å². The van der Waals surface area contributed by atoms with Gasteiger partial charge in [0.15, 0.2) is 0 Å².